The van der Waals surface area contributed by atoms with Gasteiger partial charge in [-0.2, -0.15) is 4.52 Å². The van der Waals surface area contributed by atoms with Crippen LogP contribution >= 0.6 is 11.3 Å². The van der Waals surface area contributed by atoms with Gasteiger partial charge in [0.1, 0.15) is 11.6 Å². The van der Waals surface area contributed by atoms with Gasteiger partial charge in [0.15, 0.2) is 0 Å². The number of hydrogen-bond acceptors (Lipinski definition) is 6. The monoisotopic (exact) mass is 346 g/mol. The van der Waals surface area contributed by atoms with Crippen LogP contribution in [0, 0.1) is 6.92 Å². The summed E-state index contributed by atoms with van der Waals surface area (Å²) >= 11 is 1.48. The average Bonchev–Trinajstić information content (AvgIpc) is 3.10. The number of methoxy groups -OCH3 is 1. The van der Waals surface area contributed by atoms with E-state index in [4.69, 9.17) is 4.74 Å². The largest absolute Gasteiger partial charge is 0.497 e. The lowest BCUT2D eigenvalue weighted by Crippen LogP contribution is -2.28. The molecule has 0 radical (unpaired) electrons. The number of aryl methyl sites for hydroxylation is 1. The fourth-order valence-corrected chi connectivity index (χ4v) is 4.12. The lowest BCUT2D eigenvalue weighted by molar-refractivity contribution is 0.247. The molecule has 0 amide bonds. The average molecular weight is 346 g/mol. The second-order valence-corrected chi connectivity index (χ2v) is 6.55. The third kappa shape index (κ3) is 2.85. The first-order valence-corrected chi connectivity index (χ1v) is 8.83. The summed E-state index contributed by atoms with van der Waals surface area (Å²) in [6.07, 6.45) is 0. The van der Waals surface area contributed by atoms with E-state index in [0.29, 0.717) is 10.8 Å². The molecule has 128 valence electrons. The van der Waals surface area contributed by atoms with Crippen LogP contribution in [0.3, 0.4) is 0 Å². The number of rotatable bonds is 6. The van der Waals surface area contributed by atoms with Crippen molar-refractivity contribution in [2.45, 2.75) is 26.8 Å². The smallest absolute Gasteiger partial charge is 0.230 e. The molecule has 0 saturated heterocycles. The van der Waals surface area contributed by atoms with Gasteiger partial charge >= 0.3 is 0 Å². The van der Waals surface area contributed by atoms with E-state index in [2.05, 4.69) is 34.9 Å². The van der Waals surface area contributed by atoms with E-state index in [-0.39, 0.29) is 11.9 Å². The molecule has 6 nitrogen and oxygen atoms in total. The van der Waals surface area contributed by atoms with Crippen molar-refractivity contribution in [2.24, 2.45) is 0 Å². The predicted molar refractivity (Wildman–Crippen MR) is 95.0 cm³/mol. The maximum atomic E-state index is 10.7. The lowest BCUT2D eigenvalue weighted by Gasteiger charge is -2.29. The van der Waals surface area contributed by atoms with Gasteiger partial charge < -0.3 is 9.84 Å². The second kappa shape index (κ2) is 6.78. The summed E-state index contributed by atoms with van der Waals surface area (Å²) in [5.41, 5.74) is 1.08. The van der Waals surface area contributed by atoms with Crippen molar-refractivity contribution >= 4 is 16.3 Å². The van der Waals surface area contributed by atoms with Crippen LogP contribution in [0.5, 0.6) is 11.6 Å². The normalized spacial score (nSPS) is 12.9. The van der Waals surface area contributed by atoms with Crippen molar-refractivity contribution in [1.82, 2.24) is 19.5 Å². The molecular weight excluding hydrogens is 324 g/mol. The SMILES string of the molecule is CCN(CC)C(c1cccc(OC)c1)c1sc2nc(C)nn2c1O. The Morgan fingerprint density at radius 2 is 2.08 bits per heavy atom. The highest BCUT2D eigenvalue weighted by Gasteiger charge is 2.28. The van der Waals surface area contributed by atoms with Crippen LogP contribution in [-0.2, 0) is 0 Å². The lowest BCUT2D eigenvalue weighted by atomic mass is 10.0. The van der Waals surface area contributed by atoms with Crippen molar-refractivity contribution in [3.63, 3.8) is 0 Å². The zero-order valence-corrected chi connectivity index (χ0v) is 15.2. The Hall–Kier alpha value is -2.12. The summed E-state index contributed by atoms with van der Waals surface area (Å²) in [4.78, 5) is 8.24. The first-order valence-electron chi connectivity index (χ1n) is 8.02. The topological polar surface area (TPSA) is 62.9 Å². The molecule has 1 unspecified atom stereocenters. The van der Waals surface area contributed by atoms with Gasteiger partial charge in [0.25, 0.3) is 0 Å². The van der Waals surface area contributed by atoms with Crippen molar-refractivity contribution in [3.8, 4) is 11.6 Å². The molecule has 1 aromatic carbocycles. The fourth-order valence-electron chi connectivity index (χ4n) is 2.95. The quantitative estimate of drug-likeness (QED) is 0.742. The number of ether oxygens (including phenoxy) is 1. The van der Waals surface area contributed by atoms with Crippen molar-refractivity contribution in [3.05, 3.63) is 40.5 Å². The highest BCUT2D eigenvalue weighted by Crippen LogP contribution is 2.40. The number of fused-ring (bicyclic) bond motifs is 1. The summed E-state index contributed by atoms with van der Waals surface area (Å²) in [6, 6.07) is 7.91. The van der Waals surface area contributed by atoms with Crippen molar-refractivity contribution < 1.29 is 9.84 Å². The number of thiazole rings is 1. The summed E-state index contributed by atoms with van der Waals surface area (Å²) in [6.45, 7) is 7.79. The Kier molecular flexibility index (Phi) is 4.73. The second-order valence-electron chi connectivity index (χ2n) is 5.54. The highest BCUT2D eigenvalue weighted by molar-refractivity contribution is 7.17. The van der Waals surface area contributed by atoms with Gasteiger partial charge in [-0.1, -0.05) is 37.3 Å². The molecule has 1 atom stereocenters. The van der Waals surface area contributed by atoms with Gasteiger partial charge in [-0.25, -0.2) is 4.98 Å². The van der Waals surface area contributed by atoms with E-state index in [0.717, 1.165) is 29.3 Å². The van der Waals surface area contributed by atoms with Crippen molar-refractivity contribution in [1.29, 1.82) is 0 Å². The van der Waals surface area contributed by atoms with Gasteiger partial charge in [-0.3, -0.25) is 4.90 Å². The summed E-state index contributed by atoms with van der Waals surface area (Å²) in [5.74, 6) is 1.62. The number of benzene rings is 1. The minimum atomic E-state index is -0.0658. The molecule has 3 aromatic rings. The van der Waals surface area contributed by atoms with Crippen LogP contribution in [0.15, 0.2) is 24.3 Å². The maximum Gasteiger partial charge on any atom is 0.230 e. The van der Waals surface area contributed by atoms with Crippen LogP contribution in [-0.4, -0.2) is 44.8 Å². The molecule has 0 aliphatic heterocycles. The Morgan fingerprint density at radius 1 is 1.33 bits per heavy atom. The van der Waals surface area contributed by atoms with Gasteiger partial charge in [-0.05, 0) is 37.7 Å². The zero-order chi connectivity index (χ0) is 17.3. The van der Waals surface area contributed by atoms with E-state index in [1.807, 2.05) is 25.1 Å². The summed E-state index contributed by atoms with van der Waals surface area (Å²) < 4.78 is 6.89. The zero-order valence-electron chi connectivity index (χ0n) is 14.4. The molecule has 1 N–H and O–H groups in total. The maximum absolute atomic E-state index is 10.7. The third-order valence-corrected chi connectivity index (χ3v) is 5.21. The molecule has 0 saturated carbocycles. The summed E-state index contributed by atoms with van der Waals surface area (Å²) in [5, 5.41) is 15.0. The van der Waals surface area contributed by atoms with E-state index < -0.39 is 0 Å². The van der Waals surface area contributed by atoms with E-state index in [1.54, 1.807) is 7.11 Å². The Morgan fingerprint density at radius 3 is 2.71 bits per heavy atom. The third-order valence-electron chi connectivity index (χ3n) is 4.14. The van der Waals surface area contributed by atoms with Crippen LogP contribution in [0.25, 0.3) is 4.96 Å². The number of nitrogens with zero attached hydrogens (tertiary/aromatic N) is 4. The van der Waals surface area contributed by atoms with Gasteiger partial charge in [0.2, 0.25) is 10.8 Å². The minimum Gasteiger partial charge on any atom is -0.497 e. The first kappa shape index (κ1) is 16.7. The van der Waals surface area contributed by atoms with Crippen molar-refractivity contribution in [2.75, 3.05) is 20.2 Å². The molecule has 0 aliphatic rings. The molecule has 0 bridgehead atoms. The summed E-state index contributed by atoms with van der Waals surface area (Å²) in [7, 11) is 1.66. The number of hydrogen-bond donors (Lipinski definition) is 1. The standard InChI is InChI=1S/C17H22N4O2S/c1-5-20(6-2)14(12-8-7-9-13(10-12)23-4)15-16(22)21-17(24-15)18-11(3)19-21/h7-10,14,22H,5-6H2,1-4H3. The van der Waals surface area contributed by atoms with Gasteiger partial charge in [0, 0.05) is 0 Å². The van der Waals surface area contributed by atoms with Gasteiger partial charge in [0.05, 0.1) is 18.0 Å². The first-order chi connectivity index (χ1) is 11.6. The Bertz CT molecular complexity index is 838. The van der Waals surface area contributed by atoms with E-state index in [9.17, 15) is 5.11 Å². The molecular formula is C17H22N4O2S. The molecule has 0 fully saturated rings. The van der Waals surface area contributed by atoms with E-state index >= 15 is 0 Å². The molecule has 2 aromatic heterocycles. The number of aromatic nitrogens is 3. The Balaban J connectivity index is 2.15. The molecule has 0 aliphatic carbocycles. The van der Waals surface area contributed by atoms with Crippen LogP contribution in [0.2, 0.25) is 0 Å². The Labute approximate surface area is 145 Å². The van der Waals surface area contributed by atoms with Crippen LogP contribution < -0.4 is 4.74 Å². The molecule has 3 rings (SSSR count). The molecule has 0 spiro atoms. The van der Waals surface area contributed by atoms with Crippen LogP contribution in [0.1, 0.15) is 36.2 Å². The minimum absolute atomic E-state index is 0.0658. The van der Waals surface area contributed by atoms with Gasteiger partial charge in [-0.15, -0.1) is 5.10 Å². The van der Waals surface area contributed by atoms with Crippen LogP contribution in [0.4, 0.5) is 0 Å². The highest BCUT2D eigenvalue weighted by atomic mass is 32.1. The molecule has 2 heterocycles. The predicted octanol–water partition coefficient (Wildman–Crippen LogP) is 3.24. The van der Waals surface area contributed by atoms with E-state index in [1.165, 1.54) is 15.9 Å². The molecule has 24 heavy (non-hydrogen) atoms. The number of aromatic hydroxyl groups is 1. The molecule has 7 heteroatoms. The fraction of sp³-hybridized carbons (Fsp3) is 0.412.